The maximum atomic E-state index is 12.8. The Bertz CT molecular complexity index is 467. The van der Waals surface area contributed by atoms with E-state index in [0.717, 1.165) is 6.07 Å². The fourth-order valence-electron chi connectivity index (χ4n) is 1.47. The smallest absolute Gasteiger partial charge is 0.419 e. The molecular weight excluding hydrogens is 341 g/mol. The molecule has 1 rings (SSSR count). The first-order valence-corrected chi connectivity index (χ1v) is 6.76. The van der Waals surface area contributed by atoms with E-state index in [1.807, 2.05) is 0 Å². The van der Waals surface area contributed by atoms with Gasteiger partial charge in [0.1, 0.15) is 5.82 Å². The van der Waals surface area contributed by atoms with E-state index in [-0.39, 0.29) is 29.2 Å². The molecule has 0 atom stereocenters. The number of halogens is 4. The molecular formula is C12H14BrF3N2O2. The number of hydrogen-bond acceptors (Lipinski definition) is 4. The van der Waals surface area contributed by atoms with Gasteiger partial charge in [-0.1, -0.05) is 0 Å². The van der Waals surface area contributed by atoms with Crippen molar-refractivity contribution >= 4 is 27.7 Å². The van der Waals surface area contributed by atoms with Gasteiger partial charge < -0.3 is 10.1 Å². The quantitative estimate of drug-likeness (QED) is 0.626. The Labute approximate surface area is 122 Å². The largest absolute Gasteiger partial charge is 0.466 e. The Morgan fingerprint density at radius 1 is 1.50 bits per heavy atom. The Hall–Kier alpha value is -1.31. The fraction of sp³-hybridized carbons (Fsp3) is 0.500. The van der Waals surface area contributed by atoms with Gasteiger partial charge in [-0.15, -0.1) is 0 Å². The number of carbonyl (C=O) groups is 1. The number of rotatable bonds is 6. The lowest BCUT2D eigenvalue weighted by atomic mass is 10.2. The molecule has 0 aliphatic carbocycles. The predicted octanol–water partition coefficient (Wildman–Crippen LogP) is 3.62. The summed E-state index contributed by atoms with van der Waals surface area (Å²) in [6.07, 6.45) is -2.68. The number of nitrogens with zero attached hydrogens (tertiary/aromatic N) is 1. The number of ether oxygens (including phenoxy) is 1. The lowest BCUT2D eigenvalue weighted by Crippen LogP contribution is -2.14. The zero-order valence-corrected chi connectivity index (χ0v) is 12.3. The summed E-state index contributed by atoms with van der Waals surface area (Å²) in [4.78, 5) is 14.8. The maximum Gasteiger partial charge on any atom is 0.419 e. The zero-order valence-electron chi connectivity index (χ0n) is 10.8. The first-order valence-electron chi connectivity index (χ1n) is 5.96. The third-order valence-corrected chi connectivity index (χ3v) is 2.75. The van der Waals surface area contributed by atoms with Crippen LogP contribution in [-0.2, 0) is 15.7 Å². The lowest BCUT2D eigenvalue weighted by molar-refractivity contribution is -0.143. The van der Waals surface area contributed by atoms with E-state index in [9.17, 15) is 18.0 Å². The molecule has 1 N–H and O–H groups in total. The Morgan fingerprint density at radius 3 is 2.80 bits per heavy atom. The van der Waals surface area contributed by atoms with Crippen LogP contribution in [0.2, 0.25) is 0 Å². The molecule has 0 fully saturated rings. The summed E-state index contributed by atoms with van der Waals surface area (Å²) in [7, 11) is 0. The standard InChI is InChI=1S/C12H14BrF3N2O2/c1-2-20-10(19)4-3-5-17-11-9(12(14,15)16)6-8(13)7-18-11/h6-7H,2-5H2,1H3,(H,17,18). The molecule has 0 aromatic carbocycles. The van der Waals surface area contributed by atoms with Crippen LogP contribution in [0.25, 0.3) is 0 Å². The number of pyridine rings is 1. The van der Waals surface area contributed by atoms with Gasteiger partial charge in [0.25, 0.3) is 0 Å². The van der Waals surface area contributed by atoms with Gasteiger partial charge in [0, 0.05) is 23.6 Å². The molecule has 0 saturated heterocycles. The SMILES string of the molecule is CCOC(=O)CCCNc1ncc(Br)cc1C(F)(F)F. The number of esters is 1. The molecule has 0 saturated carbocycles. The molecule has 1 aromatic heterocycles. The number of aromatic nitrogens is 1. The summed E-state index contributed by atoms with van der Waals surface area (Å²) in [5.41, 5.74) is -0.844. The zero-order chi connectivity index (χ0) is 15.2. The van der Waals surface area contributed by atoms with Crippen LogP contribution in [0.3, 0.4) is 0 Å². The first-order chi connectivity index (χ1) is 9.34. The van der Waals surface area contributed by atoms with Crippen LogP contribution in [0.1, 0.15) is 25.3 Å². The van der Waals surface area contributed by atoms with Gasteiger partial charge in [-0.25, -0.2) is 4.98 Å². The summed E-state index contributed by atoms with van der Waals surface area (Å²) in [5, 5.41) is 2.58. The second-order valence-electron chi connectivity index (χ2n) is 3.88. The lowest BCUT2D eigenvalue weighted by Gasteiger charge is -2.13. The highest BCUT2D eigenvalue weighted by atomic mass is 79.9. The van der Waals surface area contributed by atoms with Crippen LogP contribution in [0.5, 0.6) is 0 Å². The molecule has 0 aliphatic rings. The van der Waals surface area contributed by atoms with Crippen LogP contribution in [0.4, 0.5) is 19.0 Å². The summed E-state index contributed by atoms with van der Waals surface area (Å²) in [6.45, 7) is 2.19. The first kappa shape index (κ1) is 16.7. The van der Waals surface area contributed by atoms with Gasteiger partial charge in [0.15, 0.2) is 0 Å². The van der Waals surface area contributed by atoms with Gasteiger partial charge in [-0.05, 0) is 35.3 Å². The molecule has 112 valence electrons. The highest BCUT2D eigenvalue weighted by Gasteiger charge is 2.34. The Kier molecular flexibility index (Phi) is 6.25. The molecule has 1 heterocycles. The minimum absolute atomic E-state index is 0.152. The number of hydrogen-bond donors (Lipinski definition) is 1. The van der Waals surface area contributed by atoms with Crippen LogP contribution in [0.15, 0.2) is 16.7 Å². The average molecular weight is 355 g/mol. The number of nitrogens with one attached hydrogen (secondary N) is 1. The van der Waals surface area contributed by atoms with Gasteiger partial charge in [-0.3, -0.25) is 4.79 Å². The van der Waals surface area contributed by atoms with Crippen molar-refractivity contribution in [2.75, 3.05) is 18.5 Å². The van der Waals surface area contributed by atoms with Crippen LogP contribution < -0.4 is 5.32 Å². The van der Waals surface area contributed by atoms with E-state index >= 15 is 0 Å². The number of alkyl halides is 3. The Balaban J connectivity index is 2.58. The van der Waals surface area contributed by atoms with Crippen molar-refractivity contribution in [3.8, 4) is 0 Å². The fourth-order valence-corrected chi connectivity index (χ4v) is 1.80. The average Bonchev–Trinajstić information content (AvgIpc) is 2.35. The summed E-state index contributed by atoms with van der Waals surface area (Å²) >= 11 is 2.96. The summed E-state index contributed by atoms with van der Waals surface area (Å²) in [5.74, 6) is -0.612. The second-order valence-corrected chi connectivity index (χ2v) is 4.80. The third kappa shape index (κ3) is 5.36. The maximum absolute atomic E-state index is 12.8. The molecule has 0 unspecified atom stereocenters. The van der Waals surface area contributed by atoms with E-state index in [2.05, 4.69) is 26.2 Å². The summed E-state index contributed by atoms with van der Waals surface area (Å²) < 4.78 is 43.3. The molecule has 8 heteroatoms. The minimum atomic E-state index is -4.49. The van der Waals surface area contributed by atoms with E-state index in [1.54, 1.807) is 6.92 Å². The van der Waals surface area contributed by atoms with E-state index in [1.165, 1.54) is 6.20 Å². The van der Waals surface area contributed by atoms with Crippen LogP contribution in [-0.4, -0.2) is 24.1 Å². The van der Waals surface area contributed by atoms with Gasteiger partial charge in [0.2, 0.25) is 0 Å². The van der Waals surface area contributed by atoms with Crippen molar-refractivity contribution in [3.63, 3.8) is 0 Å². The molecule has 1 aromatic rings. The van der Waals surface area contributed by atoms with E-state index in [0.29, 0.717) is 13.0 Å². The molecule has 20 heavy (non-hydrogen) atoms. The highest BCUT2D eigenvalue weighted by Crippen LogP contribution is 2.35. The molecule has 0 amide bonds. The van der Waals surface area contributed by atoms with Crippen LogP contribution >= 0.6 is 15.9 Å². The molecule has 0 spiro atoms. The number of anilines is 1. The predicted molar refractivity (Wildman–Crippen MR) is 71.3 cm³/mol. The molecule has 4 nitrogen and oxygen atoms in total. The third-order valence-electron chi connectivity index (χ3n) is 2.32. The van der Waals surface area contributed by atoms with E-state index < -0.39 is 11.7 Å². The van der Waals surface area contributed by atoms with Crippen molar-refractivity contribution in [3.05, 3.63) is 22.3 Å². The highest BCUT2D eigenvalue weighted by molar-refractivity contribution is 9.10. The Morgan fingerprint density at radius 2 is 2.20 bits per heavy atom. The number of carbonyl (C=O) groups excluding carboxylic acids is 1. The van der Waals surface area contributed by atoms with Crippen molar-refractivity contribution in [2.45, 2.75) is 25.9 Å². The minimum Gasteiger partial charge on any atom is -0.466 e. The topological polar surface area (TPSA) is 51.2 Å². The second kappa shape index (κ2) is 7.47. The molecule has 0 aliphatic heterocycles. The normalized spacial score (nSPS) is 11.2. The van der Waals surface area contributed by atoms with E-state index in [4.69, 9.17) is 4.74 Å². The molecule has 0 bridgehead atoms. The summed E-state index contributed by atoms with van der Waals surface area (Å²) in [6, 6.07) is 0.959. The van der Waals surface area contributed by atoms with Crippen molar-refractivity contribution in [1.82, 2.24) is 4.98 Å². The van der Waals surface area contributed by atoms with Crippen molar-refractivity contribution in [2.24, 2.45) is 0 Å². The van der Waals surface area contributed by atoms with Gasteiger partial charge in [-0.2, -0.15) is 13.2 Å². The van der Waals surface area contributed by atoms with Crippen molar-refractivity contribution in [1.29, 1.82) is 0 Å². The monoisotopic (exact) mass is 354 g/mol. The molecule has 0 radical (unpaired) electrons. The van der Waals surface area contributed by atoms with Crippen LogP contribution in [0, 0.1) is 0 Å². The van der Waals surface area contributed by atoms with Crippen molar-refractivity contribution < 1.29 is 22.7 Å². The van der Waals surface area contributed by atoms with Gasteiger partial charge >= 0.3 is 12.1 Å². The van der Waals surface area contributed by atoms with Gasteiger partial charge in [0.05, 0.1) is 12.2 Å².